The molecule has 3 aromatic rings. The van der Waals surface area contributed by atoms with Gasteiger partial charge in [-0.1, -0.05) is 12.1 Å². The summed E-state index contributed by atoms with van der Waals surface area (Å²) in [4.78, 5) is 19.4. The van der Waals surface area contributed by atoms with Crippen LogP contribution in [-0.2, 0) is 24.2 Å². The van der Waals surface area contributed by atoms with Crippen LogP contribution in [0.1, 0.15) is 35.2 Å². The summed E-state index contributed by atoms with van der Waals surface area (Å²) in [5.41, 5.74) is 4.41. The first-order valence-corrected chi connectivity index (χ1v) is 12.5. The molecule has 0 fully saturated rings. The monoisotopic (exact) mass is 505 g/mol. The summed E-state index contributed by atoms with van der Waals surface area (Å²) in [5.74, 6) is 2.78. The van der Waals surface area contributed by atoms with E-state index in [2.05, 4.69) is 27.3 Å². The van der Waals surface area contributed by atoms with Crippen LogP contribution in [0.25, 0.3) is 0 Å². The van der Waals surface area contributed by atoms with Crippen LogP contribution in [0.5, 0.6) is 23.0 Å². The Hall–Kier alpha value is -3.78. The number of fused-ring (bicyclic) bond motifs is 1. The topological polar surface area (TPSA) is 82.2 Å². The van der Waals surface area contributed by atoms with E-state index < -0.39 is 0 Å². The van der Waals surface area contributed by atoms with Crippen molar-refractivity contribution in [1.29, 1.82) is 0 Å². The number of benzene rings is 2. The number of nitrogens with zero attached hydrogens (tertiary/aromatic N) is 2. The lowest BCUT2D eigenvalue weighted by Crippen LogP contribution is -2.43. The van der Waals surface area contributed by atoms with Gasteiger partial charge < -0.3 is 24.3 Å². The zero-order chi connectivity index (χ0) is 26.2. The van der Waals surface area contributed by atoms with Crippen molar-refractivity contribution in [3.63, 3.8) is 0 Å². The number of nitrogens with one attached hydrogen (secondary N) is 1. The van der Waals surface area contributed by atoms with Gasteiger partial charge in [-0.2, -0.15) is 0 Å². The maximum atomic E-state index is 13.0. The van der Waals surface area contributed by atoms with Gasteiger partial charge in [-0.05, 0) is 72.4 Å². The number of amides is 1. The fourth-order valence-corrected chi connectivity index (χ4v) is 4.79. The minimum Gasteiger partial charge on any atom is -0.493 e. The number of methoxy groups -OCH3 is 3. The van der Waals surface area contributed by atoms with Crippen LogP contribution in [0.2, 0.25) is 0 Å². The molecule has 0 spiro atoms. The summed E-state index contributed by atoms with van der Waals surface area (Å²) in [6, 6.07) is 13.9. The Morgan fingerprint density at radius 1 is 1.00 bits per heavy atom. The van der Waals surface area contributed by atoms with Crippen LogP contribution in [-0.4, -0.2) is 56.8 Å². The molecule has 0 bridgehead atoms. The first-order chi connectivity index (χ1) is 18.1. The molecule has 0 aliphatic carbocycles. The molecule has 0 radical (unpaired) electrons. The predicted octanol–water partition coefficient (Wildman–Crippen LogP) is 3.96. The van der Waals surface area contributed by atoms with Gasteiger partial charge in [0.15, 0.2) is 23.0 Å². The molecule has 1 aliphatic heterocycles. The summed E-state index contributed by atoms with van der Waals surface area (Å²) in [6.07, 6.45) is 5.00. The normalized spacial score (nSPS) is 15.0. The molecule has 8 heteroatoms. The van der Waals surface area contributed by atoms with Gasteiger partial charge in [0.1, 0.15) is 0 Å². The number of rotatable bonds is 11. The van der Waals surface area contributed by atoms with Crippen molar-refractivity contribution in [3.8, 4) is 23.0 Å². The van der Waals surface area contributed by atoms with E-state index in [0.717, 1.165) is 35.4 Å². The number of carbonyl (C=O) groups is 1. The summed E-state index contributed by atoms with van der Waals surface area (Å²) in [7, 11) is 4.92. The number of hydrogen-bond acceptors (Lipinski definition) is 7. The van der Waals surface area contributed by atoms with Crippen LogP contribution in [0.15, 0.2) is 54.9 Å². The van der Waals surface area contributed by atoms with E-state index in [1.807, 2.05) is 37.3 Å². The maximum Gasteiger partial charge on any atom is 0.234 e. The fourth-order valence-electron chi connectivity index (χ4n) is 4.79. The SMILES string of the molecule is CCOc1cc2c(cc1OC)CCN(CC(=O)NCc1cccnc1)C2Cc1ccc(OC)c(OC)c1. The molecule has 1 amide bonds. The molecule has 0 saturated carbocycles. The Kier molecular flexibility index (Phi) is 8.85. The molecule has 1 atom stereocenters. The fraction of sp³-hybridized carbons (Fsp3) is 0.379. The molecular weight excluding hydrogens is 470 g/mol. The summed E-state index contributed by atoms with van der Waals surface area (Å²) in [6.45, 7) is 3.98. The van der Waals surface area contributed by atoms with E-state index >= 15 is 0 Å². The standard InChI is InChI=1S/C29H35N3O5/c1-5-37-28-16-23-22(15-27(28)36-4)10-12-32(19-29(33)31-18-21-7-6-11-30-17-21)24(23)13-20-8-9-25(34-2)26(14-20)35-3/h6-9,11,14-17,24H,5,10,12-13,18-19H2,1-4H3,(H,31,33). The van der Waals surface area contributed by atoms with Gasteiger partial charge in [-0.3, -0.25) is 14.7 Å². The largest absolute Gasteiger partial charge is 0.493 e. The van der Waals surface area contributed by atoms with Gasteiger partial charge in [0.25, 0.3) is 0 Å². The summed E-state index contributed by atoms with van der Waals surface area (Å²) < 4.78 is 22.5. The predicted molar refractivity (Wildman–Crippen MR) is 142 cm³/mol. The van der Waals surface area contributed by atoms with Gasteiger partial charge in [0.05, 0.1) is 34.5 Å². The number of carbonyl (C=O) groups excluding carboxylic acids is 1. The highest BCUT2D eigenvalue weighted by Crippen LogP contribution is 2.40. The van der Waals surface area contributed by atoms with Crippen molar-refractivity contribution in [2.24, 2.45) is 0 Å². The van der Waals surface area contributed by atoms with Crippen LogP contribution in [0, 0.1) is 0 Å². The Labute approximate surface area is 218 Å². The zero-order valence-corrected chi connectivity index (χ0v) is 22.0. The van der Waals surface area contributed by atoms with E-state index in [0.29, 0.717) is 36.8 Å². The molecule has 1 N–H and O–H groups in total. The Bertz CT molecular complexity index is 1200. The Balaban J connectivity index is 1.62. The molecule has 2 aromatic carbocycles. The third-order valence-corrected chi connectivity index (χ3v) is 6.63. The summed E-state index contributed by atoms with van der Waals surface area (Å²) in [5, 5.41) is 3.04. The third kappa shape index (κ3) is 6.32. The van der Waals surface area contributed by atoms with Crippen LogP contribution < -0.4 is 24.3 Å². The van der Waals surface area contributed by atoms with Gasteiger partial charge in [-0.25, -0.2) is 0 Å². The third-order valence-electron chi connectivity index (χ3n) is 6.63. The lowest BCUT2D eigenvalue weighted by Gasteiger charge is -2.37. The van der Waals surface area contributed by atoms with Crippen LogP contribution >= 0.6 is 0 Å². The summed E-state index contributed by atoms with van der Waals surface area (Å²) >= 11 is 0. The quantitative estimate of drug-likeness (QED) is 0.422. The van der Waals surface area contributed by atoms with Crippen molar-refractivity contribution >= 4 is 5.91 Å². The molecule has 4 rings (SSSR count). The zero-order valence-electron chi connectivity index (χ0n) is 22.0. The van der Waals surface area contributed by atoms with E-state index in [1.54, 1.807) is 33.7 Å². The van der Waals surface area contributed by atoms with E-state index in [1.165, 1.54) is 5.56 Å². The van der Waals surface area contributed by atoms with Crippen LogP contribution in [0.4, 0.5) is 0 Å². The highest BCUT2D eigenvalue weighted by atomic mass is 16.5. The van der Waals surface area contributed by atoms with E-state index in [-0.39, 0.29) is 18.5 Å². The number of aromatic nitrogens is 1. The molecule has 1 aliphatic rings. The lowest BCUT2D eigenvalue weighted by atomic mass is 9.88. The van der Waals surface area contributed by atoms with Gasteiger partial charge >= 0.3 is 0 Å². The van der Waals surface area contributed by atoms with Gasteiger partial charge in [-0.15, -0.1) is 0 Å². The van der Waals surface area contributed by atoms with E-state index in [4.69, 9.17) is 18.9 Å². The molecule has 196 valence electrons. The second-order valence-corrected chi connectivity index (χ2v) is 8.90. The second kappa shape index (κ2) is 12.5. The second-order valence-electron chi connectivity index (χ2n) is 8.90. The average molecular weight is 506 g/mol. The van der Waals surface area contributed by atoms with Crippen molar-refractivity contribution in [1.82, 2.24) is 15.2 Å². The van der Waals surface area contributed by atoms with Crippen LogP contribution in [0.3, 0.4) is 0 Å². The lowest BCUT2D eigenvalue weighted by molar-refractivity contribution is -0.123. The van der Waals surface area contributed by atoms with Gasteiger partial charge in [0.2, 0.25) is 5.91 Å². The number of hydrogen-bond donors (Lipinski definition) is 1. The number of pyridine rings is 1. The Morgan fingerprint density at radius 2 is 1.78 bits per heavy atom. The molecular formula is C29H35N3O5. The average Bonchev–Trinajstić information content (AvgIpc) is 2.93. The molecule has 37 heavy (non-hydrogen) atoms. The minimum atomic E-state index is -0.0314. The van der Waals surface area contributed by atoms with Crippen molar-refractivity contribution in [2.75, 3.05) is 41.0 Å². The number of ether oxygens (including phenoxy) is 4. The molecule has 1 unspecified atom stereocenters. The first-order valence-electron chi connectivity index (χ1n) is 12.5. The maximum absolute atomic E-state index is 13.0. The minimum absolute atomic E-state index is 0.0249. The van der Waals surface area contributed by atoms with Gasteiger partial charge in [0, 0.05) is 31.5 Å². The molecule has 0 saturated heterocycles. The van der Waals surface area contributed by atoms with Crippen molar-refractivity contribution in [3.05, 3.63) is 77.1 Å². The highest BCUT2D eigenvalue weighted by Gasteiger charge is 2.31. The highest BCUT2D eigenvalue weighted by molar-refractivity contribution is 5.78. The van der Waals surface area contributed by atoms with Crippen molar-refractivity contribution in [2.45, 2.75) is 32.4 Å². The van der Waals surface area contributed by atoms with Crippen molar-refractivity contribution < 1.29 is 23.7 Å². The molecule has 1 aromatic heterocycles. The first kappa shape index (κ1) is 26.3. The molecule has 2 heterocycles. The molecule has 8 nitrogen and oxygen atoms in total. The smallest absolute Gasteiger partial charge is 0.234 e. The van der Waals surface area contributed by atoms with E-state index in [9.17, 15) is 4.79 Å². The Morgan fingerprint density at radius 3 is 2.49 bits per heavy atom.